The molecule has 0 bridgehead atoms. The fourth-order valence-electron chi connectivity index (χ4n) is 3.87. The lowest BCUT2D eigenvalue weighted by Crippen LogP contribution is -2.46. The van der Waals surface area contributed by atoms with Crippen LogP contribution in [0.1, 0.15) is 98.8 Å². The van der Waals surface area contributed by atoms with E-state index in [9.17, 15) is 14.7 Å². The van der Waals surface area contributed by atoms with Gasteiger partial charge in [0.05, 0.1) is 6.42 Å². The summed E-state index contributed by atoms with van der Waals surface area (Å²) in [5, 5.41) is 9.42. The second-order valence-corrected chi connectivity index (χ2v) is 8.39. The van der Waals surface area contributed by atoms with Gasteiger partial charge in [-0.15, -0.1) is 0 Å². The Morgan fingerprint density at radius 2 is 1.50 bits per heavy atom. The Kier molecular flexibility index (Phi) is 13.5. The molecule has 3 atom stereocenters. The number of amides is 1. The molecule has 0 spiro atoms. The molecule has 0 heterocycles. The Bertz CT molecular complexity index is 395. The van der Waals surface area contributed by atoms with E-state index in [-0.39, 0.29) is 24.3 Å². The van der Waals surface area contributed by atoms with Crippen molar-refractivity contribution in [2.75, 3.05) is 7.05 Å². The third-order valence-corrected chi connectivity index (χ3v) is 5.50. The quantitative estimate of drug-likeness (QED) is 0.374. The Hall–Kier alpha value is -1.06. The highest BCUT2D eigenvalue weighted by atomic mass is 16.4. The number of aliphatic carboxylic acids is 1. The largest absolute Gasteiger partial charge is 0.481 e. The standard InChI is InChI=1S/C22H43NO3/c1-7-9-10-11-12-13-14-19(16-21(25)26)22(18(5)8-2)23(6)20(24)15-17(3)4/h17-19,22H,7-16H2,1-6H3,(H,25,26)/t18-,19?,22-/m0/s1. The number of carboxylic acid groups (broad SMARTS) is 1. The van der Waals surface area contributed by atoms with E-state index in [1.54, 1.807) is 0 Å². The maximum atomic E-state index is 12.6. The number of unbranched alkanes of at least 4 members (excludes halogenated alkanes) is 5. The van der Waals surface area contributed by atoms with Gasteiger partial charge in [-0.1, -0.05) is 79.6 Å². The molecule has 1 unspecified atom stereocenters. The number of nitrogens with zero attached hydrogens (tertiary/aromatic N) is 1. The summed E-state index contributed by atoms with van der Waals surface area (Å²) in [5.74, 6) is 0.0527. The highest BCUT2D eigenvalue weighted by Gasteiger charge is 2.33. The zero-order valence-corrected chi connectivity index (χ0v) is 18.1. The van der Waals surface area contributed by atoms with Gasteiger partial charge in [0.2, 0.25) is 5.91 Å². The summed E-state index contributed by atoms with van der Waals surface area (Å²) in [6, 6.07) is 0.0120. The van der Waals surface area contributed by atoms with Gasteiger partial charge in [-0.05, 0) is 24.2 Å². The van der Waals surface area contributed by atoms with Crippen molar-refractivity contribution in [3.8, 4) is 0 Å². The minimum absolute atomic E-state index is 0.0120. The van der Waals surface area contributed by atoms with Gasteiger partial charge in [0.15, 0.2) is 0 Å². The van der Waals surface area contributed by atoms with Crippen LogP contribution in [0.15, 0.2) is 0 Å². The van der Waals surface area contributed by atoms with Gasteiger partial charge in [0.25, 0.3) is 0 Å². The molecule has 0 rings (SSSR count). The van der Waals surface area contributed by atoms with Crippen LogP contribution in [0.2, 0.25) is 0 Å². The molecule has 1 N–H and O–H groups in total. The fourth-order valence-corrected chi connectivity index (χ4v) is 3.87. The second kappa shape index (κ2) is 14.1. The van der Waals surface area contributed by atoms with E-state index in [0.717, 1.165) is 25.7 Å². The Morgan fingerprint density at radius 3 is 2.00 bits per heavy atom. The summed E-state index contributed by atoms with van der Waals surface area (Å²) in [6.07, 6.45) is 9.76. The third kappa shape index (κ3) is 10.2. The highest BCUT2D eigenvalue weighted by molar-refractivity contribution is 5.76. The monoisotopic (exact) mass is 369 g/mol. The van der Waals surface area contributed by atoms with Gasteiger partial charge >= 0.3 is 5.97 Å². The average molecular weight is 370 g/mol. The summed E-state index contributed by atoms with van der Waals surface area (Å²) in [4.78, 5) is 26.0. The molecule has 0 radical (unpaired) electrons. The number of carbonyl (C=O) groups is 2. The molecule has 0 fully saturated rings. The van der Waals surface area contributed by atoms with Gasteiger partial charge in [-0.25, -0.2) is 0 Å². The van der Waals surface area contributed by atoms with Crippen molar-refractivity contribution in [3.05, 3.63) is 0 Å². The highest BCUT2D eigenvalue weighted by Crippen LogP contribution is 2.29. The van der Waals surface area contributed by atoms with Gasteiger partial charge in [0, 0.05) is 19.5 Å². The molecule has 4 nitrogen and oxygen atoms in total. The number of rotatable bonds is 15. The molecule has 0 aromatic rings. The normalized spacial score (nSPS) is 14.9. The molecule has 26 heavy (non-hydrogen) atoms. The predicted molar refractivity (Wildman–Crippen MR) is 109 cm³/mol. The van der Waals surface area contributed by atoms with Crippen LogP contribution in [0.25, 0.3) is 0 Å². The van der Waals surface area contributed by atoms with E-state index < -0.39 is 5.97 Å². The summed E-state index contributed by atoms with van der Waals surface area (Å²) in [6.45, 7) is 10.6. The van der Waals surface area contributed by atoms with Crippen molar-refractivity contribution in [2.45, 2.75) is 105 Å². The summed E-state index contributed by atoms with van der Waals surface area (Å²) in [5.41, 5.74) is 0. The van der Waals surface area contributed by atoms with Crippen LogP contribution < -0.4 is 0 Å². The SMILES string of the molecule is CCCCCCCCC(CC(=O)O)[C@H]([C@@H](C)CC)N(C)C(=O)CC(C)C. The van der Waals surface area contributed by atoms with Crippen LogP contribution in [-0.4, -0.2) is 35.0 Å². The van der Waals surface area contributed by atoms with E-state index in [1.807, 2.05) is 11.9 Å². The lowest BCUT2D eigenvalue weighted by molar-refractivity contribution is -0.142. The Morgan fingerprint density at radius 1 is 0.923 bits per heavy atom. The topological polar surface area (TPSA) is 57.6 Å². The van der Waals surface area contributed by atoms with Crippen LogP contribution >= 0.6 is 0 Å². The molecule has 0 aromatic heterocycles. The summed E-state index contributed by atoms with van der Waals surface area (Å²) in [7, 11) is 1.87. The van der Waals surface area contributed by atoms with Crippen molar-refractivity contribution in [1.29, 1.82) is 0 Å². The van der Waals surface area contributed by atoms with Crippen molar-refractivity contribution in [1.82, 2.24) is 4.90 Å². The van der Waals surface area contributed by atoms with Gasteiger partial charge < -0.3 is 10.0 Å². The molecular weight excluding hydrogens is 326 g/mol. The smallest absolute Gasteiger partial charge is 0.303 e. The fraction of sp³-hybridized carbons (Fsp3) is 0.909. The zero-order valence-electron chi connectivity index (χ0n) is 18.1. The van der Waals surface area contributed by atoms with Crippen LogP contribution in [0.5, 0.6) is 0 Å². The molecular formula is C22H43NO3. The van der Waals surface area contributed by atoms with Gasteiger partial charge in [-0.2, -0.15) is 0 Å². The molecule has 0 aromatic carbocycles. The summed E-state index contributed by atoms with van der Waals surface area (Å²) >= 11 is 0. The van der Waals surface area contributed by atoms with E-state index in [2.05, 4.69) is 34.6 Å². The van der Waals surface area contributed by atoms with Gasteiger partial charge in [0.1, 0.15) is 0 Å². The van der Waals surface area contributed by atoms with Crippen LogP contribution in [0, 0.1) is 17.8 Å². The van der Waals surface area contributed by atoms with Gasteiger partial charge in [-0.3, -0.25) is 9.59 Å². The molecule has 0 saturated heterocycles. The zero-order chi connectivity index (χ0) is 20.1. The van der Waals surface area contributed by atoms with Crippen molar-refractivity contribution < 1.29 is 14.7 Å². The van der Waals surface area contributed by atoms with E-state index in [1.165, 1.54) is 25.7 Å². The van der Waals surface area contributed by atoms with Crippen LogP contribution in [0.4, 0.5) is 0 Å². The molecule has 0 saturated carbocycles. The molecule has 4 heteroatoms. The molecule has 1 amide bonds. The van der Waals surface area contributed by atoms with Crippen LogP contribution in [-0.2, 0) is 9.59 Å². The van der Waals surface area contributed by atoms with E-state index >= 15 is 0 Å². The van der Waals surface area contributed by atoms with Crippen molar-refractivity contribution >= 4 is 11.9 Å². The maximum absolute atomic E-state index is 12.6. The molecule has 0 aliphatic carbocycles. The van der Waals surface area contributed by atoms with E-state index in [0.29, 0.717) is 18.3 Å². The Balaban J connectivity index is 5.04. The first-order valence-electron chi connectivity index (χ1n) is 10.7. The molecule has 0 aliphatic rings. The minimum Gasteiger partial charge on any atom is -0.481 e. The molecule has 154 valence electrons. The molecule has 0 aliphatic heterocycles. The predicted octanol–water partition coefficient (Wildman–Crippen LogP) is 5.75. The lowest BCUT2D eigenvalue weighted by atomic mass is 9.81. The van der Waals surface area contributed by atoms with Crippen molar-refractivity contribution in [3.63, 3.8) is 0 Å². The first kappa shape index (κ1) is 24.9. The van der Waals surface area contributed by atoms with Crippen molar-refractivity contribution in [2.24, 2.45) is 17.8 Å². The second-order valence-electron chi connectivity index (χ2n) is 8.39. The lowest BCUT2D eigenvalue weighted by Gasteiger charge is -2.38. The number of hydrogen-bond donors (Lipinski definition) is 1. The third-order valence-electron chi connectivity index (χ3n) is 5.50. The number of hydrogen-bond acceptors (Lipinski definition) is 2. The first-order valence-corrected chi connectivity index (χ1v) is 10.7. The Labute approximate surface area is 161 Å². The average Bonchev–Trinajstić information content (AvgIpc) is 2.56. The minimum atomic E-state index is -0.751. The summed E-state index contributed by atoms with van der Waals surface area (Å²) < 4.78 is 0. The first-order chi connectivity index (χ1) is 12.2. The van der Waals surface area contributed by atoms with E-state index in [4.69, 9.17) is 0 Å². The number of carbonyl (C=O) groups excluding carboxylic acids is 1. The number of carboxylic acids is 1. The van der Waals surface area contributed by atoms with Crippen LogP contribution in [0.3, 0.4) is 0 Å². The maximum Gasteiger partial charge on any atom is 0.303 e.